The van der Waals surface area contributed by atoms with E-state index >= 15 is 0 Å². The van der Waals surface area contributed by atoms with Crippen molar-refractivity contribution < 1.29 is 22.3 Å². The molecular formula is C26H26FN3O4S. The summed E-state index contributed by atoms with van der Waals surface area (Å²) in [5.41, 5.74) is 2.79. The molecule has 0 aliphatic rings. The highest BCUT2D eigenvalue weighted by Gasteiger charge is 2.25. The van der Waals surface area contributed by atoms with Crippen LogP contribution in [-0.2, 0) is 16.4 Å². The van der Waals surface area contributed by atoms with Gasteiger partial charge in [0, 0.05) is 35.4 Å². The van der Waals surface area contributed by atoms with Crippen LogP contribution in [-0.4, -0.2) is 38.4 Å². The second-order valence-corrected chi connectivity index (χ2v) is 10.1. The van der Waals surface area contributed by atoms with E-state index in [1.165, 1.54) is 12.1 Å². The van der Waals surface area contributed by atoms with Gasteiger partial charge in [-0.2, -0.15) is 0 Å². The average Bonchev–Trinajstić information content (AvgIpc) is 3.12. The third-order valence-electron chi connectivity index (χ3n) is 5.74. The largest absolute Gasteiger partial charge is 0.497 e. The summed E-state index contributed by atoms with van der Waals surface area (Å²) in [5.74, 6) is 0.0830. The zero-order valence-corrected chi connectivity index (χ0v) is 20.2. The molecule has 3 aromatic carbocycles. The first-order chi connectivity index (χ1) is 16.8. The number of sulfone groups is 1. The lowest BCUT2D eigenvalue weighted by atomic mass is 10.2. The number of fused-ring (bicyclic) bond motifs is 1. The summed E-state index contributed by atoms with van der Waals surface area (Å²) in [6.07, 6.45) is 0. The van der Waals surface area contributed by atoms with Crippen molar-refractivity contribution in [1.29, 1.82) is 0 Å². The Balaban J connectivity index is 1.50. The number of anilines is 1. The molecule has 4 aromatic rings. The van der Waals surface area contributed by atoms with E-state index in [1.807, 2.05) is 16.7 Å². The number of methoxy groups -OCH3 is 1. The van der Waals surface area contributed by atoms with Crippen LogP contribution in [0.25, 0.3) is 10.9 Å². The van der Waals surface area contributed by atoms with E-state index in [0.29, 0.717) is 29.1 Å². The molecule has 0 atom stereocenters. The zero-order chi connectivity index (χ0) is 25.0. The number of rotatable bonds is 8. The topological polar surface area (TPSA) is 89.4 Å². The van der Waals surface area contributed by atoms with Crippen LogP contribution in [0.5, 0.6) is 5.75 Å². The first-order valence-electron chi connectivity index (χ1n) is 11.0. The van der Waals surface area contributed by atoms with E-state index in [0.717, 1.165) is 11.1 Å². The van der Waals surface area contributed by atoms with Crippen LogP contribution < -0.4 is 15.4 Å². The predicted molar refractivity (Wildman–Crippen MR) is 134 cm³/mol. The Morgan fingerprint density at radius 1 is 1.00 bits per heavy atom. The second-order valence-electron chi connectivity index (χ2n) is 8.07. The normalized spacial score (nSPS) is 11.4. The molecule has 0 aliphatic heterocycles. The molecule has 35 heavy (non-hydrogen) atoms. The summed E-state index contributed by atoms with van der Waals surface area (Å²) in [6, 6.07) is 19.7. The Hall–Kier alpha value is -3.85. The minimum absolute atomic E-state index is 0.0543. The van der Waals surface area contributed by atoms with Gasteiger partial charge in [-0.1, -0.05) is 30.3 Å². The molecule has 0 saturated heterocycles. The standard InChI is InChI=1S/C26H26FN3O4S/c1-18-25(23-5-3-4-6-24(23)30(18)17-19-7-9-20(27)10-8-19)35(32,33)16-15-28-26(31)29-21-11-13-22(34-2)14-12-21/h3-14H,15-17H2,1-2H3,(H2,28,29,31). The number of benzene rings is 3. The van der Waals surface area contributed by atoms with Crippen LogP contribution in [0.1, 0.15) is 11.3 Å². The number of carbonyl (C=O) groups is 1. The molecule has 1 aromatic heterocycles. The van der Waals surface area contributed by atoms with Crippen LogP contribution in [0, 0.1) is 12.7 Å². The predicted octanol–water partition coefficient (Wildman–Crippen LogP) is 4.74. The Bertz CT molecular complexity index is 1450. The Morgan fingerprint density at radius 2 is 1.69 bits per heavy atom. The summed E-state index contributed by atoms with van der Waals surface area (Å²) in [5, 5.41) is 5.89. The lowest BCUT2D eigenvalue weighted by molar-refractivity contribution is 0.252. The minimum Gasteiger partial charge on any atom is -0.497 e. The van der Waals surface area contributed by atoms with Crippen molar-refractivity contribution in [3.05, 3.63) is 89.9 Å². The molecule has 9 heteroatoms. The van der Waals surface area contributed by atoms with Crippen molar-refractivity contribution in [2.45, 2.75) is 18.4 Å². The Kier molecular flexibility index (Phi) is 7.07. The molecule has 182 valence electrons. The van der Waals surface area contributed by atoms with Crippen LogP contribution in [0.3, 0.4) is 0 Å². The summed E-state index contributed by atoms with van der Waals surface area (Å²) >= 11 is 0. The van der Waals surface area contributed by atoms with E-state index in [2.05, 4.69) is 10.6 Å². The van der Waals surface area contributed by atoms with E-state index in [4.69, 9.17) is 4.74 Å². The number of urea groups is 1. The molecule has 0 saturated carbocycles. The lowest BCUT2D eigenvalue weighted by Gasteiger charge is -2.10. The van der Waals surface area contributed by atoms with Gasteiger partial charge in [-0.25, -0.2) is 17.6 Å². The fourth-order valence-corrected chi connectivity index (χ4v) is 5.66. The third-order valence-corrected chi connectivity index (χ3v) is 7.62. The Labute approximate surface area is 203 Å². The number of aromatic nitrogens is 1. The molecule has 1 heterocycles. The van der Waals surface area contributed by atoms with E-state index in [9.17, 15) is 17.6 Å². The molecule has 0 fully saturated rings. The number of nitrogens with zero attached hydrogens (tertiary/aromatic N) is 1. The van der Waals surface area contributed by atoms with E-state index < -0.39 is 15.9 Å². The van der Waals surface area contributed by atoms with Gasteiger partial charge in [-0.05, 0) is 55.0 Å². The van der Waals surface area contributed by atoms with Crippen molar-refractivity contribution >= 4 is 32.5 Å². The first kappa shape index (κ1) is 24.3. The molecule has 0 radical (unpaired) electrons. The maximum atomic E-state index is 13.3. The zero-order valence-electron chi connectivity index (χ0n) is 19.4. The summed E-state index contributed by atoms with van der Waals surface area (Å²) in [6.45, 7) is 2.12. The summed E-state index contributed by atoms with van der Waals surface area (Å²) < 4.78 is 47.0. The van der Waals surface area contributed by atoms with Gasteiger partial charge in [-0.3, -0.25) is 0 Å². The van der Waals surface area contributed by atoms with Crippen LogP contribution in [0.4, 0.5) is 14.9 Å². The van der Waals surface area contributed by atoms with Crippen LogP contribution in [0.2, 0.25) is 0 Å². The van der Waals surface area contributed by atoms with Gasteiger partial charge in [0.05, 0.1) is 17.8 Å². The molecule has 0 bridgehead atoms. The van der Waals surface area contributed by atoms with Gasteiger partial charge in [0.2, 0.25) is 0 Å². The molecule has 2 amide bonds. The Morgan fingerprint density at radius 3 is 2.37 bits per heavy atom. The third kappa shape index (κ3) is 5.46. The minimum atomic E-state index is -3.71. The molecule has 0 spiro atoms. The van der Waals surface area contributed by atoms with Crippen molar-refractivity contribution in [3.63, 3.8) is 0 Å². The summed E-state index contributed by atoms with van der Waals surface area (Å²) in [7, 11) is -2.16. The van der Waals surface area contributed by atoms with E-state index in [1.54, 1.807) is 62.6 Å². The van der Waals surface area contributed by atoms with Gasteiger partial charge in [0.25, 0.3) is 0 Å². The number of amides is 2. The fraction of sp³-hybridized carbons (Fsp3) is 0.192. The number of halogens is 1. The SMILES string of the molecule is COc1ccc(NC(=O)NCCS(=O)(=O)c2c(C)n(Cc3ccc(F)cc3)c3ccccc23)cc1. The maximum absolute atomic E-state index is 13.3. The van der Waals surface area contributed by atoms with Gasteiger partial charge in [0.1, 0.15) is 11.6 Å². The highest BCUT2D eigenvalue weighted by molar-refractivity contribution is 7.91. The van der Waals surface area contributed by atoms with Crippen molar-refractivity contribution in [2.75, 3.05) is 24.7 Å². The molecule has 7 nitrogen and oxygen atoms in total. The molecule has 4 rings (SSSR count). The van der Waals surface area contributed by atoms with Crippen LogP contribution >= 0.6 is 0 Å². The quantitative estimate of drug-likeness (QED) is 0.370. The molecular weight excluding hydrogens is 469 g/mol. The highest BCUT2D eigenvalue weighted by atomic mass is 32.2. The lowest BCUT2D eigenvalue weighted by Crippen LogP contribution is -2.32. The van der Waals surface area contributed by atoms with Crippen LogP contribution in [0.15, 0.2) is 77.7 Å². The molecule has 0 aliphatic carbocycles. The number of carbonyl (C=O) groups excluding carboxylic acids is 1. The molecule has 2 N–H and O–H groups in total. The summed E-state index contributed by atoms with van der Waals surface area (Å²) in [4.78, 5) is 12.5. The first-order valence-corrected chi connectivity index (χ1v) is 12.7. The fourth-order valence-electron chi connectivity index (χ4n) is 4.02. The smallest absolute Gasteiger partial charge is 0.319 e. The molecule has 0 unspecified atom stereocenters. The average molecular weight is 496 g/mol. The van der Waals surface area contributed by atoms with Gasteiger partial charge in [-0.15, -0.1) is 0 Å². The van der Waals surface area contributed by atoms with Crippen molar-refractivity contribution in [2.24, 2.45) is 0 Å². The number of para-hydroxylation sites is 1. The van der Waals surface area contributed by atoms with E-state index in [-0.39, 0.29) is 23.0 Å². The second kappa shape index (κ2) is 10.2. The van der Waals surface area contributed by atoms with Gasteiger partial charge in [0.15, 0.2) is 9.84 Å². The number of hydrogen-bond acceptors (Lipinski definition) is 4. The van der Waals surface area contributed by atoms with Crippen molar-refractivity contribution in [1.82, 2.24) is 9.88 Å². The van der Waals surface area contributed by atoms with Gasteiger partial charge < -0.3 is 19.9 Å². The number of ether oxygens (including phenoxy) is 1. The van der Waals surface area contributed by atoms with Gasteiger partial charge >= 0.3 is 6.03 Å². The number of hydrogen-bond donors (Lipinski definition) is 2. The monoisotopic (exact) mass is 495 g/mol. The maximum Gasteiger partial charge on any atom is 0.319 e. The highest BCUT2D eigenvalue weighted by Crippen LogP contribution is 2.31. The number of nitrogens with one attached hydrogen (secondary N) is 2. The van der Waals surface area contributed by atoms with Crippen molar-refractivity contribution in [3.8, 4) is 5.75 Å².